The van der Waals surface area contributed by atoms with Crippen molar-refractivity contribution in [1.82, 2.24) is 24.7 Å². The monoisotopic (exact) mass is 397 g/mol. The first-order valence-corrected chi connectivity index (χ1v) is 9.04. The quantitative estimate of drug-likeness (QED) is 0.558. The van der Waals surface area contributed by atoms with E-state index in [4.69, 9.17) is 0 Å². The number of benzene rings is 1. The van der Waals surface area contributed by atoms with Gasteiger partial charge in [-0.2, -0.15) is 0 Å². The topological polar surface area (TPSA) is 72.2 Å². The number of nitrogens with one attached hydrogen (secondary N) is 1. The van der Waals surface area contributed by atoms with E-state index in [-0.39, 0.29) is 12.5 Å². The number of pyridine rings is 1. The van der Waals surface area contributed by atoms with Crippen molar-refractivity contribution in [3.63, 3.8) is 0 Å². The van der Waals surface area contributed by atoms with E-state index in [0.29, 0.717) is 21.9 Å². The molecular weight excluding hydrogens is 384 g/mol. The predicted molar refractivity (Wildman–Crippen MR) is 98.9 cm³/mol. The molecule has 1 aromatic carbocycles. The summed E-state index contributed by atoms with van der Waals surface area (Å²) in [4.78, 5) is 25.8. The number of aromatic nitrogens is 4. The molecule has 0 radical (unpaired) electrons. The molecule has 3 heterocycles. The summed E-state index contributed by atoms with van der Waals surface area (Å²) >= 11 is 1.20. The number of nitrogens with zero attached hydrogens (tertiary/aromatic N) is 4. The first-order valence-electron chi connectivity index (χ1n) is 8.22. The largest absolute Gasteiger partial charge is 0.346 e. The van der Waals surface area contributed by atoms with Crippen molar-refractivity contribution in [1.29, 1.82) is 0 Å². The Morgan fingerprint density at radius 3 is 2.61 bits per heavy atom. The molecule has 0 bridgehead atoms. The first-order chi connectivity index (χ1) is 13.6. The molecule has 4 rings (SSSR count). The molecule has 3 aromatic heterocycles. The lowest BCUT2D eigenvalue weighted by atomic mass is 10.3. The Morgan fingerprint density at radius 1 is 1.04 bits per heavy atom. The molecule has 0 saturated carbocycles. The Balaban J connectivity index is 1.38. The minimum Gasteiger partial charge on any atom is -0.346 e. The molecule has 9 heteroatoms. The Labute approximate surface area is 162 Å². The summed E-state index contributed by atoms with van der Waals surface area (Å²) in [7, 11) is 0. The number of carbonyl (C=O) groups excluding carboxylic acids is 1. The molecule has 0 aliphatic carbocycles. The molecule has 1 N–H and O–H groups in total. The molecule has 0 aliphatic rings. The van der Waals surface area contributed by atoms with E-state index >= 15 is 0 Å². The SMILES string of the molecule is O=C(NCc1ccc(Sc2cc(F)cc(F)c2)cn1)c1cnc2nccn2c1. The lowest BCUT2D eigenvalue weighted by molar-refractivity contribution is 0.0949. The van der Waals surface area contributed by atoms with Crippen LogP contribution in [0.15, 0.2) is 71.1 Å². The third-order valence-electron chi connectivity index (χ3n) is 3.81. The summed E-state index contributed by atoms with van der Waals surface area (Å²) in [5, 5.41) is 2.78. The third kappa shape index (κ3) is 4.15. The summed E-state index contributed by atoms with van der Waals surface area (Å²) in [6, 6.07) is 6.87. The van der Waals surface area contributed by atoms with Gasteiger partial charge in [0.05, 0.1) is 17.8 Å². The number of carbonyl (C=O) groups is 1. The van der Waals surface area contributed by atoms with Gasteiger partial charge < -0.3 is 5.32 Å². The standard InChI is InChI=1S/C19H13F2N5OS/c20-13-5-14(21)7-17(6-13)28-16-2-1-15(23-10-16)9-24-18(27)12-8-25-19-22-3-4-26(19)11-12/h1-8,10-11H,9H2,(H,24,27). The second-order valence-corrected chi connectivity index (χ2v) is 7.00. The van der Waals surface area contributed by atoms with E-state index in [1.54, 1.807) is 41.3 Å². The van der Waals surface area contributed by atoms with Gasteiger partial charge in [0.1, 0.15) is 11.6 Å². The van der Waals surface area contributed by atoms with Gasteiger partial charge in [-0.1, -0.05) is 11.8 Å². The van der Waals surface area contributed by atoms with Crippen LogP contribution in [-0.4, -0.2) is 25.3 Å². The van der Waals surface area contributed by atoms with Gasteiger partial charge >= 0.3 is 0 Å². The molecular formula is C19H13F2N5OS. The smallest absolute Gasteiger partial charge is 0.254 e. The number of fused-ring (bicyclic) bond motifs is 1. The lowest BCUT2D eigenvalue weighted by Crippen LogP contribution is -2.23. The highest BCUT2D eigenvalue weighted by Crippen LogP contribution is 2.28. The van der Waals surface area contributed by atoms with Crippen LogP contribution in [0.25, 0.3) is 5.78 Å². The van der Waals surface area contributed by atoms with Crippen molar-refractivity contribution in [3.8, 4) is 0 Å². The highest BCUT2D eigenvalue weighted by molar-refractivity contribution is 7.99. The first kappa shape index (κ1) is 18.1. The van der Waals surface area contributed by atoms with Crippen LogP contribution in [0.5, 0.6) is 0 Å². The average Bonchev–Trinajstić information content (AvgIpc) is 3.14. The molecule has 6 nitrogen and oxygen atoms in total. The van der Waals surface area contributed by atoms with Crippen LogP contribution in [-0.2, 0) is 6.54 Å². The van der Waals surface area contributed by atoms with Crippen LogP contribution in [0.1, 0.15) is 16.1 Å². The second-order valence-electron chi connectivity index (χ2n) is 5.85. The predicted octanol–water partition coefficient (Wildman–Crippen LogP) is 3.48. The number of halogens is 2. The van der Waals surface area contributed by atoms with E-state index in [0.717, 1.165) is 11.0 Å². The minimum atomic E-state index is -0.627. The molecule has 1 amide bonds. The Kier molecular flexibility index (Phi) is 4.98. The van der Waals surface area contributed by atoms with Crippen LogP contribution in [0.4, 0.5) is 8.78 Å². The fraction of sp³-hybridized carbons (Fsp3) is 0.0526. The fourth-order valence-corrected chi connectivity index (χ4v) is 3.36. The maximum atomic E-state index is 13.3. The van der Waals surface area contributed by atoms with Gasteiger partial charge in [0.15, 0.2) is 0 Å². The van der Waals surface area contributed by atoms with Gasteiger partial charge in [-0.25, -0.2) is 18.7 Å². The maximum Gasteiger partial charge on any atom is 0.254 e. The van der Waals surface area contributed by atoms with Crippen molar-refractivity contribution in [2.24, 2.45) is 0 Å². The van der Waals surface area contributed by atoms with Gasteiger partial charge in [0.2, 0.25) is 5.78 Å². The molecule has 0 saturated heterocycles. The van der Waals surface area contributed by atoms with Crippen molar-refractivity contribution in [2.75, 3.05) is 0 Å². The number of imidazole rings is 1. The highest BCUT2D eigenvalue weighted by Gasteiger charge is 2.08. The molecule has 0 fully saturated rings. The normalized spacial score (nSPS) is 10.9. The average molecular weight is 397 g/mol. The third-order valence-corrected chi connectivity index (χ3v) is 4.76. The molecule has 28 heavy (non-hydrogen) atoms. The highest BCUT2D eigenvalue weighted by atomic mass is 32.2. The summed E-state index contributed by atoms with van der Waals surface area (Å²) in [5.41, 5.74) is 1.06. The molecule has 0 spiro atoms. The minimum absolute atomic E-state index is 0.236. The number of hydrogen-bond donors (Lipinski definition) is 1. The van der Waals surface area contributed by atoms with Crippen molar-refractivity contribution < 1.29 is 13.6 Å². The van der Waals surface area contributed by atoms with Crippen molar-refractivity contribution >= 4 is 23.4 Å². The van der Waals surface area contributed by atoms with Crippen LogP contribution in [0, 0.1) is 11.6 Å². The van der Waals surface area contributed by atoms with E-state index in [1.807, 2.05) is 0 Å². The van der Waals surface area contributed by atoms with Crippen molar-refractivity contribution in [2.45, 2.75) is 16.3 Å². The van der Waals surface area contributed by atoms with Crippen LogP contribution < -0.4 is 5.32 Å². The van der Waals surface area contributed by atoms with Crippen LogP contribution in [0.2, 0.25) is 0 Å². The lowest BCUT2D eigenvalue weighted by Gasteiger charge is -2.06. The van der Waals surface area contributed by atoms with E-state index in [9.17, 15) is 13.6 Å². The zero-order valence-corrected chi connectivity index (χ0v) is 15.2. The van der Waals surface area contributed by atoms with Gasteiger partial charge in [0, 0.05) is 46.8 Å². The summed E-state index contributed by atoms with van der Waals surface area (Å²) in [5.74, 6) is -1.01. The fourth-order valence-electron chi connectivity index (χ4n) is 2.51. The number of rotatable bonds is 5. The summed E-state index contributed by atoms with van der Waals surface area (Å²) < 4.78 is 28.2. The van der Waals surface area contributed by atoms with Crippen molar-refractivity contribution in [3.05, 3.63) is 84.2 Å². The van der Waals surface area contributed by atoms with E-state index in [1.165, 1.54) is 30.1 Å². The zero-order valence-electron chi connectivity index (χ0n) is 14.3. The second kappa shape index (κ2) is 7.73. The summed E-state index contributed by atoms with van der Waals surface area (Å²) in [6.45, 7) is 0.236. The number of amides is 1. The molecule has 0 atom stereocenters. The zero-order chi connectivity index (χ0) is 19.5. The van der Waals surface area contributed by atoms with Gasteiger partial charge in [-0.15, -0.1) is 0 Å². The van der Waals surface area contributed by atoms with Gasteiger partial charge in [-0.3, -0.25) is 14.2 Å². The van der Waals surface area contributed by atoms with E-state index < -0.39 is 11.6 Å². The van der Waals surface area contributed by atoms with Gasteiger partial charge in [-0.05, 0) is 24.3 Å². The Hall–Kier alpha value is -3.33. The Morgan fingerprint density at radius 2 is 1.86 bits per heavy atom. The molecule has 4 aromatic rings. The molecule has 140 valence electrons. The molecule has 0 unspecified atom stereocenters. The number of hydrogen-bond acceptors (Lipinski definition) is 5. The summed E-state index contributed by atoms with van der Waals surface area (Å²) in [6.07, 6.45) is 8.01. The van der Waals surface area contributed by atoms with Crippen LogP contribution in [0.3, 0.4) is 0 Å². The Bertz CT molecular complexity index is 1130. The van der Waals surface area contributed by atoms with E-state index in [2.05, 4.69) is 20.3 Å². The van der Waals surface area contributed by atoms with Gasteiger partial charge in [0.25, 0.3) is 5.91 Å². The van der Waals surface area contributed by atoms with Crippen LogP contribution >= 0.6 is 11.8 Å². The molecule has 0 aliphatic heterocycles. The maximum absolute atomic E-state index is 13.3.